The Morgan fingerprint density at radius 1 is 1.03 bits per heavy atom. The van der Waals surface area contributed by atoms with E-state index >= 15 is 0 Å². The second-order valence-electron chi connectivity index (χ2n) is 8.44. The molecule has 0 heterocycles. The lowest BCUT2D eigenvalue weighted by molar-refractivity contribution is -0.123. The number of nitrogens with one attached hydrogen (secondary N) is 2. The minimum Gasteiger partial charge on any atom is -0.496 e. The smallest absolute Gasteiger partial charge is 0.252 e. The van der Waals surface area contributed by atoms with E-state index in [0.29, 0.717) is 18.5 Å². The summed E-state index contributed by atoms with van der Waals surface area (Å²) >= 11 is 0. The Labute approximate surface area is 186 Å². The Balaban J connectivity index is 2.13. The largest absolute Gasteiger partial charge is 0.496 e. The number of benzene rings is 2. The summed E-state index contributed by atoms with van der Waals surface area (Å²) in [6.07, 6.45) is 0.560. The van der Waals surface area contributed by atoms with E-state index in [1.807, 2.05) is 82.2 Å². The molecular formula is C25H35N3O3. The van der Waals surface area contributed by atoms with E-state index in [0.717, 1.165) is 16.9 Å². The summed E-state index contributed by atoms with van der Waals surface area (Å²) in [6, 6.07) is 14.5. The van der Waals surface area contributed by atoms with E-state index in [4.69, 9.17) is 4.74 Å². The van der Waals surface area contributed by atoms with Gasteiger partial charge in [-0.3, -0.25) is 9.59 Å². The van der Waals surface area contributed by atoms with Gasteiger partial charge in [-0.1, -0.05) is 50.2 Å². The van der Waals surface area contributed by atoms with E-state index in [1.165, 1.54) is 0 Å². The van der Waals surface area contributed by atoms with Gasteiger partial charge in [0.2, 0.25) is 5.91 Å². The van der Waals surface area contributed by atoms with Crippen LogP contribution in [0.5, 0.6) is 5.75 Å². The first-order chi connectivity index (χ1) is 14.7. The van der Waals surface area contributed by atoms with Crippen LogP contribution in [0.15, 0.2) is 48.5 Å². The van der Waals surface area contributed by atoms with E-state index in [9.17, 15) is 9.59 Å². The second kappa shape index (κ2) is 11.5. The third-order valence-electron chi connectivity index (χ3n) is 5.31. The van der Waals surface area contributed by atoms with Crippen LogP contribution in [0.3, 0.4) is 0 Å². The molecule has 0 saturated carbocycles. The highest BCUT2D eigenvalue weighted by Crippen LogP contribution is 2.27. The lowest BCUT2D eigenvalue weighted by atomic mass is 10.0. The number of para-hydroxylation sites is 1. The molecule has 0 spiro atoms. The average molecular weight is 426 g/mol. The number of ether oxygens (including phenoxy) is 1. The topological polar surface area (TPSA) is 70.7 Å². The van der Waals surface area contributed by atoms with Crippen LogP contribution in [0.4, 0.5) is 0 Å². The standard InChI is InChI=1S/C25H35N3O3/c1-17(2)15-21(27-24(29)19-12-8-7-11-18(19)3)25(30)26-16-22(28(4)5)20-13-9-10-14-23(20)31-6/h7-14,17,21-22H,15-16H2,1-6H3,(H,26,30)(H,27,29). The molecule has 2 amide bonds. The van der Waals surface area contributed by atoms with E-state index in [1.54, 1.807) is 13.2 Å². The zero-order chi connectivity index (χ0) is 23.0. The number of amides is 2. The number of likely N-dealkylation sites (N-methyl/N-ethyl adjacent to an activating group) is 1. The maximum atomic E-state index is 13.1. The first-order valence-corrected chi connectivity index (χ1v) is 10.7. The molecule has 2 aromatic carbocycles. The van der Waals surface area contributed by atoms with Gasteiger partial charge in [0.15, 0.2) is 0 Å². The Morgan fingerprint density at radius 3 is 2.29 bits per heavy atom. The molecule has 2 unspecified atom stereocenters. The molecule has 0 aromatic heterocycles. The van der Waals surface area contributed by atoms with E-state index in [2.05, 4.69) is 10.6 Å². The van der Waals surface area contributed by atoms with Crippen molar-refractivity contribution in [1.29, 1.82) is 0 Å². The molecule has 2 atom stereocenters. The van der Waals surface area contributed by atoms with Crippen molar-refractivity contribution in [2.75, 3.05) is 27.7 Å². The monoisotopic (exact) mass is 425 g/mol. The van der Waals surface area contributed by atoms with Crippen LogP contribution in [-0.2, 0) is 4.79 Å². The van der Waals surface area contributed by atoms with Crippen molar-refractivity contribution in [3.8, 4) is 5.75 Å². The highest BCUT2D eigenvalue weighted by atomic mass is 16.5. The molecule has 0 radical (unpaired) electrons. The third-order valence-corrected chi connectivity index (χ3v) is 5.31. The maximum Gasteiger partial charge on any atom is 0.252 e. The van der Waals surface area contributed by atoms with Gasteiger partial charge in [0, 0.05) is 17.7 Å². The van der Waals surface area contributed by atoms with Crippen LogP contribution in [0, 0.1) is 12.8 Å². The predicted molar refractivity (Wildman–Crippen MR) is 124 cm³/mol. The minimum atomic E-state index is -0.604. The van der Waals surface area contributed by atoms with Gasteiger partial charge in [0.25, 0.3) is 5.91 Å². The fraction of sp³-hybridized carbons (Fsp3) is 0.440. The SMILES string of the molecule is COc1ccccc1C(CNC(=O)C(CC(C)C)NC(=O)c1ccccc1C)N(C)C. The molecule has 6 heteroatoms. The zero-order valence-electron chi connectivity index (χ0n) is 19.4. The molecule has 2 N–H and O–H groups in total. The van der Waals surface area contributed by atoms with E-state index in [-0.39, 0.29) is 23.8 Å². The summed E-state index contributed by atoms with van der Waals surface area (Å²) in [5.74, 6) is 0.624. The summed E-state index contributed by atoms with van der Waals surface area (Å²) in [4.78, 5) is 27.9. The molecule has 0 aliphatic rings. The number of hydrogen-bond acceptors (Lipinski definition) is 4. The lowest BCUT2D eigenvalue weighted by Crippen LogP contribution is -2.49. The van der Waals surface area contributed by atoms with Gasteiger partial charge in [0.05, 0.1) is 13.2 Å². The minimum absolute atomic E-state index is 0.0631. The van der Waals surface area contributed by atoms with Gasteiger partial charge in [-0.2, -0.15) is 0 Å². The molecule has 0 saturated heterocycles. The van der Waals surface area contributed by atoms with Crippen LogP contribution < -0.4 is 15.4 Å². The number of carbonyl (C=O) groups excluding carboxylic acids is 2. The molecule has 2 rings (SSSR count). The molecule has 0 aliphatic carbocycles. The molecule has 2 aromatic rings. The number of methoxy groups -OCH3 is 1. The molecule has 0 bridgehead atoms. The second-order valence-corrected chi connectivity index (χ2v) is 8.44. The lowest BCUT2D eigenvalue weighted by Gasteiger charge is -2.28. The molecular weight excluding hydrogens is 390 g/mol. The summed E-state index contributed by atoms with van der Waals surface area (Å²) in [7, 11) is 5.58. The zero-order valence-corrected chi connectivity index (χ0v) is 19.4. The highest BCUT2D eigenvalue weighted by molar-refractivity contribution is 5.98. The number of carbonyl (C=O) groups is 2. The average Bonchev–Trinajstić information content (AvgIpc) is 2.73. The first kappa shape index (κ1) is 24.4. The van der Waals surface area contributed by atoms with Crippen molar-refractivity contribution >= 4 is 11.8 Å². The van der Waals surface area contributed by atoms with Crippen LogP contribution in [0.1, 0.15) is 47.8 Å². The van der Waals surface area contributed by atoms with Crippen LogP contribution in [0.2, 0.25) is 0 Å². The Hall–Kier alpha value is -2.86. The number of nitrogens with zero attached hydrogens (tertiary/aromatic N) is 1. The summed E-state index contributed by atoms with van der Waals surface area (Å²) in [6.45, 7) is 6.37. The number of rotatable bonds is 10. The van der Waals surface area contributed by atoms with E-state index < -0.39 is 6.04 Å². The summed E-state index contributed by atoms with van der Waals surface area (Å²) in [5, 5.41) is 5.97. The molecule has 168 valence electrons. The van der Waals surface area contributed by atoms with Crippen molar-refractivity contribution in [2.45, 2.75) is 39.3 Å². The summed E-state index contributed by atoms with van der Waals surface area (Å²) < 4.78 is 5.50. The first-order valence-electron chi connectivity index (χ1n) is 10.7. The number of hydrogen-bond donors (Lipinski definition) is 2. The number of aryl methyl sites for hydroxylation is 1. The Morgan fingerprint density at radius 2 is 1.68 bits per heavy atom. The Kier molecular flexibility index (Phi) is 9.06. The Bertz CT molecular complexity index is 880. The van der Waals surface area contributed by atoms with Gasteiger partial charge in [-0.05, 0) is 51.1 Å². The van der Waals surface area contributed by atoms with Crippen molar-refractivity contribution in [3.63, 3.8) is 0 Å². The molecule has 31 heavy (non-hydrogen) atoms. The van der Waals surface area contributed by atoms with Gasteiger partial charge in [-0.25, -0.2) is 0 Å². The van der Waals surface area contributed by atoms with Gasteiger partial charge < -0.3 is 20.3 Å². The fourth-order valence-corrected chi connectivity index (χ4v) is 3.60. The van der Waals surface area contributed by atoms with Gasteiger partial charge >= 0.3 is 0 Å². The molecule has 6 nitrogen and oxygen atoms in total. The molecule has 0 fully saturated rings. The quantitative estimate of drug-likeness (QED) is 0.611. The highest BCUT2D eigenvalue weighted by Gasteiger charge is 2.25. The summed E-state index contributed by atoms with van der Waals surface area (Å²) in [5.41, 5.74) is 2.47. The van der Waals surface area contributed by atoms with Crippen LogP contribution in [0.25, 0.3) is 0 Å². The molecule has 0 aliphatic heterocycles. The van der Waals surface area contributed by atoms with Crippen LogP contribution in [-0.4, -0.2) is 50.5 Å². The van der Waals surface area contributed by atoms with Crippen molar-refractivity contribution in [3.05, 3.63) is 65.2 Å². The normalized spacial score (nSPS) is 13.0. The van der Waals surface area contributed by atoms with Gasteiger partial charge in [-0.15, -0.1) is 0 Å². The van der Waals surface area contributed by atoms with Gasteiger partial charge in [0.1, 0.15) is 11.8 Å². The van der Waals surface area contributed by atoms with Crippen molar-refractivity contribution < 1.29 is 14.3 Å². The van der Waals surface area contributed by atoms with Crippen LogP contribution >= 0.6 is 0 Å². The van der Waals surface area contributed by atoms with Crippen molar-refractivity contribution in [2.24, 2.45) is 5.92 Å². The predicted octanol–water partition coefficient (Wildman–Crippen LogP) is 3.57. The van der Waals surface area contributed by atoms with Crippen molar-refractivity contribution in [1.82, 2.24) is 15.5 Å². The maximum absolute atomic E-state index is 13.1. The fourth-order valence-electron chi connectivity index (χ4n) is 3.60. The third kappa shape index (κ3) is 6.82.